The average Bonchev–Trinajstić information content (AvgIpc) is 3.00. The van der Waals surface area contributed by atoms with Crippen molar-refractivity contribution in [2.45, 2.75) is 13.5 Å². The Labute approximate surface area is 188 Å². The van der Waals surface area contributed by atoms with Crippen molar-refractivity contribution in [2.24, 2.45) is 0 Å². The van der Waals surface area contributed by atoms with Crippen LogP contribution < -0.4 is 4.74 Å². The van der Waals surface area contributed by atoms with Crippen molar-refractivity contribution in [1.29, 1.82) is 0 Å². The van der Waals surface area contributed by atoms with E-state index in [0.29, 0.717) is 27.3 Å². The van der Waals surface area contributed by atoms with E-state index in [1.807, 2.05) is 43.3 Å². The number of carbonyl (C=O) groups is 2. The number of carbonyl (C=O) groups excluding carboxylic acids is 2. The zero-order chi connectivity index (χ0) is 21.3. The maximum atomic E-state index is 13.0. The fourth-order valence-electron chi connectivity index (χ4n) is 3.29. The fourth-order valence-corrected chi connectivity index (χ4v) is 4.43. The van der Waals surface area contributed by atoms with Gasteiger partial charge >= 0.3 is 0 Å². The smallest absolute Gasteiger partial charge is 0.293 e. The van der Waals surface area contributed by atoms with E-state index in [4.69, 9.17) is 27.9 Å². The van der Waals surface area contributed by atoms with E-state index in [9.17, 15) is 9.59 Å². The first-order valence-electron chi connectivity index (χ1n) is 9.31. The first-order valence-corrected chi connectivity index (χ1v) is 10.9. The maximum absolute atomic E-state index is 13.0. The van der Waals surface area contributed by atoms with Gasteiger partial charge in [0, 0.05) is 5.56 Å². The Morgan fingerprint density at radius 2 is 1.83 bits per heavy atom. The van der Waals surface area contributed by atoms with E-state index >= 15 is 0 Å². The molecule has 0 aromatic heterocycles. The summed E-state index contributed by atoms with van der Waals surface area (Å²) < 4.78 is 5.77. The van der Waals surface area contributed by atoms with Crippen LogP contribution in [-0.4, -0.2) is 22.7 Å². The fraction of sp³-hybridized carbons (Fsp3) is 0.130. The first kappa shape index (κ1) is 20.8. The number of nitrogens with zero attached hydrogens (tertiary/aromatic N) is 1. The van der Waals surface area contributed by atoms with E-state index in [-0.39, 0.29) is 17.7 Å². The second-order valence-electron chi connectivity index (χ2n) is 6.65. The Kier molecular flexibility index (Phi) is 6.04. The van der Waals surface area contributed by atoms with Crippen LogP contribution >= 0.6 is 35.0 Å². The number of imide groups is 1. The normalized spacial score (nSPS) is 15.4. The zero-order valence-corrected chi connectivity index (χ0v) is 18.4. The van der Waals surface area contributed by atoms with Crippen LogP contribution in [0, 0.1) is 0 Å². The third kappa shape index (κ3) is 4.06. The van der Waals surface area contributed by atoms with Gasteiger partial charge in [-0.25, -0.2) is 0 Å². The summed E-state index contributed by atoms with van der Waals surface area (Å²) in [6, 6.07) is 16.8. The molecule has 0 spiro atoms. The molecule has 3 aromatic carbocycles. The van der Waals surface area contributed by atoms with Gasteiger partial charge in [0.1, 0.15) is 5.75 Å². The number of hydrogen-bond donors (Lipinski definition) is 0. The molecule has 0 bridgehead atoms. The highest BCUT2D eigenvalue weighted by Crippen LogP contribution is 2.37. The summed E-state index contributed by atoms with van der Waals surface area (Å²) in [5.74, 6) is 0.332. The summed E-state index contributed by atoms with van der Waals surface area (Å²) >= 11 is 12.9. The van der Waals surface area contributed by atoms with Crippen LogP contribution in [0.5, 0.6) is 5.75 Å². The van der Waals surface area contributed by atoms with Crippen LogP contribution in [0.15, 0.2) is 59.5 Å². The third-order valence-electron chi connectivity index (χ3n) is 4.70. The van der Waals surface area contributed by atoms with Gasteiger partial charge in [-0.15, -0.1) is 0 Å². The summed E-state index contributed by atoms with van der Waals surface area (Å²) in [5.41, 5.74) is 1.52. The molecule has 0 radical (unpaired) electrons. The highest BCUT2D eigenvalue weighted by molar-refractivity contribution is 8.18. The van der Waals surface area contributed by atoms with Crippen molar-refractivity contribution >= 4 is 63.0 Å². The van der Waals surface area contributed by atoms with Crippen LogP contribution in [0.3, 0.4) is 0 Å². The van der Waals surface area contributed by atoms with Gasteiger partial charge in [0.25, 0.3) is 11.1 Å². The van der Waals surface area contributed by atoms with E-state index in [1.54, 1.807) is 24.3 Å². The lowest BCUT2D eigenvalue weighted by Gasteiger charge is -2.13. The second-order valence-corrected chi connectivity index (χ2v) is 8.46. The van der Waals surface area contributed by atoms with Crippen LogP contribution in [-0.2, 0) is 11.3 Å². The zero-order valence-electron chi connectivity index (χ0n) is 16.0. The second kappa shape index (κ2) is 8.72. The molecule has 0 unspecified atom stereocenters. The Morgan fingerprint density at radius 3 is 2.60 bits per heavy atom. The molecule has 4 rings (SSSR count). The predicted octanol–water partition coefficient (Wildman–Crippen LogP) is 6.78. The molecule has 2 amide bonds. The Morgan fingerprint density at radius 1 is 1.03 bits per heavy atom. The quantitative estimate of drug-likeness (QED) is 0.396. The van der Waals surface area contributed by atoms with Crippen LogP contribution in [0.2, 0.25) is 10.0 Å². The van der Waals surface area contributed by atoms with Gasteiger partial charge in [-0.2, -0.15) is 0 Å². The lowest BCUT2D eigenvalue weighted by atomic mass is 10.0. The Balaban J connectivity index is 1.70. The van der Waals surface area contributed by atoms with Crippen molar-refractivity contribution < 1.29 is 14.3 Å². The Bertz CT molecular complexity index is 1190. The molecule has 30 heavy (non-hydrogen) atoms. The van der Waals surface area contributed by atoms with E-state index in [0.717, 1.165) is 33.7 Å². The summed E-state index contributed by atoms with van der Waals surface area (Å²) in [7, 11) is 0. The summed E-state index contributed by atoms with van der Waals surface area (Å²) in [6.45, 7) is 2.54. The van der Waals surface area contributed by atoms with Gasteiger partial charge in [-0.05, 0) is 59.3 Å². The van der Waals surface area contributed by atoms with Gasteiger partial charge in [0.15, 0.2) is 0 Å². The molecule has 1 saturated heterocycles. The number of ether oxygens (including phenoxy) is 1. The molecule has 0 N–H and O–H groups in total. The third-order valence-corrected chi connectivity index (χ3v) is 6.35. The predicted molar refractivity (Wildman–Crippen MR) is 123 cm³/mol. The highest BCUT2D eigenvalue weighted by atomic mass is 35.5. The van der Waals surface area contributed by atoms with E-state index < -0.39 is 0 Å². The molecule has 0 atom stereocenters. The molecule has 152 valence electrons. The van der Waals surface area contributed by atoms with Crippen molar-refractivity contribution in [3.8, 4) is 5.75 Å². The molecular weight excluding hydrogens is 441 g/mol. The molecule has 1 aliphatic heterocycles. The lowest BCUT2D eigenvalue weighted by molar-refractivity contribution is -0.123. The average molecular weight is 458 g/mol. The number of thioether (sulfide) groups is 1. The molecule has 0 aliphatic carbocycles. The molecule has 4 nitrogen and oxygen atoms in total. The van der Waals surface area contributed by atoms with Gasteiger partial charge in [-0.1, -0.05) is 59.6 Å². The van der Waals surface area contributed by atoms with Crippen molar-refractivity contribution in [1.82, 2.24) is 4.90 Å². The standard InChI is InChI=1S/C23H17Cl2NO3S/c1-2-29-20-10-8-15-5-3-4-6-16(15)17(20)12-21-22(27)26(23(28)30-21)13-14-7-9-18(24)19(25)11-14/h3-12H,2,13H2,1H3/b21-12+. The van der Waals surface area contributed by atoms with Crippen LogP contribution in [0.25, 0.3) is 16.8 Å². The van der Waals surface area contributed by atoms with Crippen molar-refractivity contribution in [2.75, 3.05) is 6.61 Å². The van der Waals surface area contributed by atoms with E-state index in [2.05, 4.69) is 0 Å². The number of rotatable bonds is 5. The molecule has 1 aliphatic rings. The number of hydrogen-bond acceptors (Lipinski definition) is 4. The minimum atomic E-state index is -0.341. The molecule has 0 saturated carbocycles. The summed E-state index contributed by atoms with van der Waals surface area (Å²) in [5, 5.41) is 2.47. The van der Waals surface area contributed by atoms with Crippen molar-refractivity contribution in [3.05, 3.63) is 80.7 Å². The topological polar surface area (TPSA) is 46.6 Å². The van der Waals surface area contributed by atoms with Gasteiger partial charge in [0.2, 0.25) is 0 Å². The van der Waals surface area contributed by atoms with Crippen LogP contribution in [0.1, 0.15) is 18.1 Å². The van der Waals surface area contributed by atoms with Crippen molar-refractivity contribution in [3.63, 3.8) is 0 Å². The first-order chi connectivity index (χ1) is 14.5. The molecule has 1 fully saturated rings. The minimum absolute atomic E-state index is 0.132. The van der Waals surface area contributed by atoms with Gasteiger partial charge in [-0.3, -0.25) is 14.5 Å². The SMILES string of the molecule is CCOc1ccc2ccccc2c1/C=C1/SC(=O)N(Cc2ccc(Cl)c(Cl)c2)C1=O. The number of amides is 2. The monoisotopic (exact) mass is 457 g/mol. The number of halogens is 2. The number of benzene rings is 3. The minimum Gasteiger partial charge on any atom is -0.493 e. The highest BCUT2D eigenvalue weighted by Gasteiger charge is 2.35. The number of fused-ring (bicyclic) bond motifs is 1. The van der Waals surface area contributed by atoms with Gasteiger partial charge < -0.3 is 4.74 Å². The molecule has 3 aromatic rings. The van der Waals surface area contributed by atoms with Crippen LogP contribution in [0.4, 0.5) is 4.79 Å². The summed E-state index contributed by atoms with van der Waals surface area (Å²) in [6.07, 6.45) is 1.74. The lowest BCUT2D eigenvalue weighted by Crippen LogP contribution is -2.27. The molecular formula is C23H17Cl2NO3S. The summed E-state index contributed by atoms with van der Waals surface area (Å²) in [4.78, 5) is 27.1. The Hall–Kier alpha value is -2.47. The molecule has 1 heterocycles. The largest absolute Gasteiger partial charge is 0.493 e. The molecule has 7 heteroatoms. The van der Waals surface area contributed by atoms with E-state index in [1.165, 1.54) is 4.90 Å². The van der Waals surface area contributed by atoms with Gasteiger partial charge in [0.05, 0.1) is 28.1 Å². The maximum Gasteiger partial charge on any atom is 0.293 e.